The van der Waals surface area contributed by atoms with Gasteiger partial charge in [0.25, 0.3) is 0 Å². The minimum atomic E-state index is 0.225. The zero-order valence-electron chi connectivity index (χ0n) is 11.1. The summed E-state index contributed by atoms with van der Waals surface area (Å²) in [4.78, 5) is 0. The van der Waals surface area contributed by atoms with Gasteiger partial charge in [-0.1, -0.05) is 18.5 Å². The first kappa shape index (κ1) is 13.8. The average Bonchev–Trinajstić information content (AvgIpc) is 2.43. The Kier molecular flexibility index (Phi) is 4.69. The van der Waals surface area contributed by atoms with Gasteiger partial charge in [-0.05, 0) is 61.9 Å². The lowest BCUT2D eigenvalue weighted by Crippen LogP contribution is -2.09. The second-order valence-corrected chi connectivity index (χ2v) is 4.80. The van der Waals surface area contributed by atoms with Crippen molar-refractivity contribution in [2.75, 3.05) is 0 Å². The third kappa shape index (κ3) is 4.18. The van der Waals surface area contributed by atoms with E-state index in [4.69, 9.17) is 21.1 Å². The Labute approximate surface area is 118 Å². The third-order valence-corrected chi connectivity index (χ3v) is 3.04. The Balaban J connectivity index is 2.00. The highest BCUT2D eigenvalue weighted by atomic mass is 35.5. The van der Waals surface area contributed by atoms with Gasteiger partial charge in [-0.15, -0.1) is 0 Å². The predicted molar refractivity (Wildman–Crippen MR) is 78.3 cm³/mol. The summed E-state index contributed by atoms with van der Waals surface area (Å²) in [6.45, 7) is 4.15. The molecule has 19 heavy (non-hydrogen) atoms. The summed E-state index contributed by atoms with van der Waals surface area (Å²) in [5.74, 6) is 2.40. The zero-order chi connectivity index (χ0) is 13.7. The number of halogens is 1. The smallest absolute Gasteiger partial charge is 0.127 e. The summed E-state index contributed by atoms with van der Waals surface area (Å²) < 4.78 is 11.4. The van der Waals surface area contributed by atoms with Crippen LogP contribution in [0.5, 0.6) is 17.2 Å². The second kappa shape index (κ2) is 6.48. The topological polar surface area (TPSA) is 18.5 Å². The van der Waals surface area contributed by atoms with Crippen LogP contribution in [0.1, 0.15) is 20.3 Å². The number of hydrogen-bond donors (Lipinski definition) is 0. The minimum absolute atomic E-state index is 0.225. The van der Waals surface area contributed by atoms with E-state index < -0.39 is 0 Å². The Hall–Kier alpha value is -1.67. The first-order valence-electron chi connectivity index (χ1n) is 6.37. The SMILES string of the molecule is CCC(C)Oc1ccc(Oc2ccc(Cl)cc2)cc1. The maximum atomic E-state index is 5.83. The van der Waals surface area contributed by atoms with Gasteiger partial charge >= 0.3 is 0 Å². The lowest BCUT2D eigenvalue weighted by Gasteiger charge is -2.13. The lowest BCUT2D eigenvalue weighted by molar-refractivity contribution is 0.217. The Morgan fingerprint density at radius 2 is 1.37 bits per heavy atom. The molecule has 0 fully saturated rings. The van der Waals surface area contributed by atoms with Crippen molar-refractivity contribution in [1.82, 2.24) is 0 Å². The highest BCUT2D eigenvalue weighted by Crippen LogP contribution is 2.25. The van der Waals surface area contributed by atoms with Crippen LogP contribution in [0.25, 0.3) is 0 Å². The van der Waals surface area contributed by atoms with Crippen LogP contribution >= 0.6 is 11.6 Å². The number of rotatable bonds is 5. The van der Waals surface area contributed by atoms with Gasteiger partial charge in [-0.2, -0.15) is 0 Å². The van der Waals surface area contributed by atoms with E-state index in [9.17, 15) is 0 Å². The van der Waals surface area contributed by atoms with Crippen molar-refractivity contribution < 1.29 is 9.47 Å². The standard InChI is InChI=1S/C16H17ClO2/c1-3-12(2)18-14-8-10-16(11-9-14)19-15-6-4-13(17)5-7-15/h4-12H,3H2,1-2H3. The zero-order valence-corrected chi connectivity index (χ0v) is 11.9. The van der Waals surface area contributed by atoms with Crippen LogP contribution in [0.4, 0.5) is 0 Å². The summed E-state index contributed by atoms with van der Waals surface area (Å²) in [6.07, 6.45) is 1.21. The molecule has 1 unspecified atom stereocenters. The molecule has 0 aliphatic carbocycles. The van der Waals surface area contributed by atoms with E-state index in [1.165, 1.54) is 0 Å². The van der Waals surface area contributed by atoms with E-state index in [1.807, 2.05) is 36.4 Å². The molecule has 3 heteroatoms. The Morgan fingerprint density at radius 1 is 0.895 bits per heavy atom. The molecule has 100 valence electrons. The maximum absolute atomic E-state index is 5.83. The van der Waals surface area contributed by atoms with Crippen LogP contribution in [0.2, 0.25) is 5.02 Å². The molecule has 0 amide bonds. The molecule has 0 heterocycles. The average molecular weight is 277 g/mol. The summed E-state index contributed by atoms with van der Waals surface area (Å²) >= 11 is 5.83. The van der Waals surface area contributed by atoms with Gasteiger partial charge in [0.15, 0.2) is 0 Å². The molecule has 0 saturated carbocycles. The van der Waals surface area contributed by atoms with Gasteiger partial charge < -0.3 is 9.47 Å². The Morgan fingerprint density at radius 3 is 1.89 bits per heavy atom. The number of hydrogen-bond acceptors (Lipinski definition) is 2. The van der Waals surface area contributed by atoms with Crippen molar-refractivity contribution in [3.8, 4) is 17.2 Å². The van der Waals surface area contributed by atoms with Crippen molar-refractivity contribution in [2.24, 2.45) is 0 Å². The molecule has 0 aliphatic heterocycles. The van der Waals surface area contributed by atoms with Gasteiger partial charge in [-0.25, -0.2) is 0 Å². The van der Waals surface area contributed by atoms with Crippen LogP contribution in [0, 0.1) is 0 Å². The van der Waals surface area contributed by atoms with E-state index in [1.54, 1.807) is 12.1 Å². The van der Waals surface area contributed by atoms with E-state index in [0.717, 1.165) is 23.7 Å². The molecular weight excluding hydrogens is 260 g/mol. The van der Waals surface area contributed by atoms with Gasteiger partial charge in [0, 0.05) is 5.02 Å². The largest absolute Gasteiger partial charge is 0.491 e. The summed E-state index contributed by atoms with van der Waals surface area (Å²) in [7, 11) is 0. The van der Waals surface area contributed by atoms with Crippen LogP contribution in [-0.4, -0.2) is 6.10 Å². The highest BCUT2D eigenvalue weighted by Gasteiger charge is 2.02. The van der Waals surface area contributed by atoms with Crippen LogP contribution in [0.15, 0.2) is 48.5 Å². The van der Waals surface area contributed by atoms with E-state index >= 15 is 0 Å². The molecule has 0 spiro atoms. The summed E-state index contributed by atoms with van der Waals surface area (Å²) in [5, 5.41) is 0.699. The molecule has 0 N–H and O–H groups in total. The fraction of sp³-hybridized carbons (Fsp3) is 0.250. The van der Waals surface area contributed by atoms with Crippen LogP contribution in [0.3, 0.4) is 0 Å². The van der Waals surface area contributed by atoms with E-state index in [-0.39, 0.29) is 6.10 Å². The fourth-order valence-corrected chi connectivity index (χ4v) is 1.67. The molecule has 0 bridgehead atoms. The quantitative estimate of drug-likeness (QED) is 0.737. The molecular formula is C16H17ClO2. The normalized spacial score (nSPS) is 11.9. The molecule has 2 aromatic rings. The Bertz CT molecular complexity index is 505. The van der Waals surface area contributed by atoms with Gasteiger partial charge in [-0.3, -0.25) is 0 Å². The maximum Gasteiger partial charge on any atom is 0.127 e. The monoisotopic (exact) mass is 276 g/mol. The predicted octanol–water partition coefficient (Wildman–Crippen LogP) is 5.31. The molecule has 1 atom stereocenters. The summed E-state index contributed by atoms with van der Waals surface area (Å²) in [6, 6.07) is 14.9. The molecule has 2 nitrogen and oxygen atoms in total. The fourth-order valence-electron chi connectivity index (χ4n) is 1.54. The molecule has 2 rings (SSSR count). The first-order chi connectivity index (χ1) is 9.17. The van der Waals surface area contributed by atoms with Crippen LogP contribution in [-0.2, 0) is 0 Å². The van der Waals surface area contributed by atoms with Crippen molar-refractivity contribution in [2.45, 2.75) is 26.4 Å². The van der Waals surface area contributed by atoms with Gasteiger partial charge in [0.1, 0.15) is 17.2 Å². The van der Waals surface area contributed by atoms with Crippen molar-refractivity contribution in [1.29, 1.82) is 0 Å². The molecule has 2 aromatic carbocycles. The number of benzene rings is 2. The molecule has 0 radical (unpaired) electrons. The number of ether oxygens (including phenoxy) is 2. The van der Waals surface area contributed by atoms with Crippen molar-refractivity contribution in [3.63, 3.8) is 0 Å². The van der Waals surface area contributed by atoms with Gasteiger partial charge in [0.2, 0.25) is 0 Å². The van der Waals surface area contributed by atoms with E-state index in [0.29, 0.717) is 5.02 Å². The minimum Gasteiger partial charge on any atom is -0.491 e. The molecule has 0 aliphatic rings. The highest BCUT2D eigenvalue weighted by molar-refractivity contribution is 6.30. The molecule has 0 saturated heterocycles. The van der Waals surface area contributed by atoms with Crippen molar-refractivity contribution in [3.05, 3.63) is 53.6 Å². The second-order valence-electron chi connectivity index (χ2n) is 4.36. The summed E-state index contributed by atoms with van der Waals surface area (Å²) in [5.41, 5.74) is 0. The lowest BCUT2D eigenvalue weighted by atomic mass is 10.3. The molecule has 0 aromatic heterocycles. The van der Waals surface area contributed by atoms with Gasteiger partial charge in [0.05, 0.1) is 6.10 Å². The van der Waals surface area contributed by atoms with Crippen molar-refractivity contribution >= 4 is 11.6 Å². The third-order valence-electron chi connectivity index (χ3n) is 2.79. The first-order valence-corrected chi connectivity index (χ1v) is 6.75. The van der Waals surface area contributed by atoms with E-state index in [2.05, 4.69) is 13.8 Å². The van der Waals surface area contributed by atoms with Crippen LogP contribution < -0.4 is 9.47 Å².